The predicted octanol–water partition coefficient (Wildman–Crippen LogP) is 2.83. The van der Waals surface area contributed by atoms with Gasteiger partial charge in [-0.3, -0.25) is 4.79 Å². The van der Waals surface area contributed by atoms with E-state index >= 15 is 0 Å². The Morgan fingerprint density at radius 3 is 2.54 bits per heavy atom. The fraction of sp³-hybridized carbons (Fsp3) is 0.450. The molecule has 0 bridgehead atoms. The van der Waals surface area contributed by atoms with E-state index in [-0.39, 0.29) is 18.1 Å². The minimum Gasteiger partial charge on any atom is -0.393 e. The number of amides is 1. The van der Waals surface area contributed by atoms with E-state index < -0.39 is 0 Å². The third-order valence-corrected chi connectivity index (χ3v) is 6.22. The lowest BCUT2D eigenvalue weighted by atomic mass is 9.76. The Morgan fingerprint density at radius 2 is 1.92 bits per heavy atom. The van der Waals surface area contributed by atoms with Crippen molar-refractivity contribution >= 4 is 22.9 Å². The molecule has 1 aromatic carbocycles. The summed E-state index contributed by atoms with van der Waals surface area (Å²) in [5, 5.41) is 14.9. The molecule has 0 spiro atoms. The molecule has 1 aliphatic heterocycles. The summed E-state index contributed by atoms with van der Waals surface area (Å²) in [5.74, 6) is 0.249. The molecule has 2 fully saturated rings. The molecule has 1 atom stereocenters. The Morgan fingerprint density at radius 1 is 1.19 bits per heavy atom. The lowest BCUT2D eigenvalue weighted by Gasteiger charge is -2.37. The van der Waals surface area contributed by atoms with E-state index in [1.807, 2.05) is 35.7 Å². The number of ether oxygens (including phenoxy) is 1. The van der Waals surface area contributed by atoms with Gasteiger partial charge in [0, 0.05) is 29.2 Å². The normalized spacial score (nSPS) is 24.0. The lowest BCUT2D eigenvalue weighted by Crippen LogP contribution is -2.41. The van der Waals surface area contributed by atoms with E-state index in [1.165, 1.54) is 0 Å². The number of hydrogen-bond donors (Lipinski definition) is 2. The second-order valence-electron chi connectivity index (χ2n) is 7.00. The van der Waals surface area contributed by atoms with E-state index in [0.29, 0.717) is 11.5 Å². The van der Waals surface area contributed by atoms with Crippen LogP contribution in [-0.2, 0) is 4.74 Å². The van der Waals surface area contributed by atoms with Gasteiger partial charge < -0.3 is 20.1 Å². The van der Waals surface area contributed by atoms with Gasteiger partial charge in [0.15, 0.2) is 0 Å². The lowest BCUT2D eigenvalue weighted by molar-refractivity contribution is 0.0241. The summed E-state index contributed by atoms with van der Waals surface area (Å²) in [6.45, 7) is 3.27. The van der Waals surface area contributed by atoms with Crippen molar-refractivity contribution in [1.29, 1.82) is 0 Å². The Balaban J connectivity index is 1.44. The SMILES string of the molecule is O=C(N[C@@H](c1cccs1)C1CC(O)C1)c1ccc(N2CCOCC2)cc1. The van der Waals surface area contributed by atoms with Crippen LogP contribution in [0.25, 0.3) is 0 Å². The number of rotatable bonds is 5. The maximum atomic E-state index is 12.8. The van der Waals surface area contributed by atoms with Crippen molar-refractivity contribution in [3.8, 4) is 0 Å². The van der Waals surface area contributed by atoms with Crippen LogP contribution >= 0.6 is 11.3 Å². The molecule has 2 N–H and O–H groups in total. The van der Waals surface area contributed by atoms with E-state index in [9.17, 15) is 9.90 Å². The monoisotopic (exact) mass is 372 g/mol. The molecule has 6 heteroatoms. The maximum absolute atomic E-state index is 12.8. The maximum Gasteiger partial charge on any atom is 0.251 e. The number of morpholine rings is 1. The number of anilines is 1. The van der Waals surface area contributed by atoms with Crippen molar-refractivity contribution in [2.75, 3.05) is 31.2 Å². The molecule has 26 heavy (non-hydrogen) atoms. The second kappa shape index (κ2) is 7.78. The van der Waals surface area contributed by atoms with Gasteiger partial charge in [0.05, 0.1) is 25.4 Å². The molecular formula is C20H24N2O3S. The molecule has 2 aromatic rings. The van der Waals surface area contributed by atoms with Gasteiger partial charge in [-0.25, -0.2) is 0 Å². The zero-order chi connectivity index (χ0) is 17.9. The number of hydrogen-bond acceptors (Lipinski definition) is 5. The fourth-order valence-corrected chi connectivity index (χ4v) is 4.53. The smallest absolute Gasteiger partial charge is 0.251 e. The second-order valence-corrected chi connectivity index (χ2v) is 7.98. The molecule has 1 saturated heterocycles. The molecule has 138 valence electrons. The number of benzene rings is 1. The first-order valence-electron chi connectivity index (χ1n) is 9.16. The average Bonchev–Trinajstić information content (AvgIpc) is 3.19. The molecule has 2 aliphatic rings. The topological polar surface area (TPSA) is 61.8 Å². The number of carbonyl (C=O) groups is 1. The third-order valence-electron chi connectivity index (χ3n) is 5.26. The first-order valence-corrected chi connectivity index (χ1v) is 10.0. The molecule has 1 saturated carbocycles. The first kappa shape index (κ1) is 17.5. The predicted molar refractivity (Wildman–Crippen MR) is 103 cm³/mol. The van der Waals surface area contributed by atoms with Crippen molar-refractivity contribution in [1.82, 2.24) is 5.32 Å². The number of thiophene rings is 1. The molecular weight excluding hydrogens is 348 g/mol. The van der Waals surface area contributed by atoms with Crippen LogP contribution in [0, 0.1) is 5.92 Å². The van der Waals surface area contributed by atoms with Gasteiger partial charge >= 0.3 is 0 Å². The largest absolute Gasteiger partial charge is 0.393 e. The van der Waals surface area contributed by atoms with Gasteiger partial charge in [-0.1, -0.05) is 6.07 Å². The van der Waals surface area contributed by atoms with Gasteiger partial charge in [0.1, 0.15) is 0 Å². The van der Waals surface area contributed by atoms with E-state index in [0.717, 1.165) is 49.7 Å². The number of nitrogens with one attached hydrogen (secondary N) is 1. The number of aliphatic hydroxyl groups is 1. The van der Waals surface area contributed by atoms with Crippen LogP contribution in [0.5, 0.6) is 0 Å². The molecule has 0 unspecified atom stereocenters. The summed E-state index contributed by atoms with van der Waals surface area (Å²) in [6, 6.07) is 11.8. The highest BCUT2D eigenvalue weighted by Gasteiger charge is 2.36. The minimum atomic E-state index is -0.229. The quantitative estimate of drug-likeness (QED) is 0.847. The zero-order valence-corrected chi connectivity index (χ0v) is 15.5. The highest BCUT2D eigenvalue weighted by Crippen LogP contribution is 2.39. The van der Waals surface area contributed by atoms with Gasteiger partial charge in [0.2, 0.25) is 0 Å². The van der Waals surface area contributed by atoms with Gasteiger partial charge in [-0.15, -0.1) is 11.3 Å². The van der Waals surface area contributed by atoms with Crippen LogP contribution < -0.4 is 10.2 Å². The highest BCUT2D eigenvalue weighted by molar-refractivity contribution is 7.10. The van der Waals surface area contributed by atoms with Gasteiger partial charge in [0.25, 0.3) is 5.91 Å². The first-order chi connectivity index (χ1) is 12.7. The van der Waals surface area contributed by atoms with E-state index in [4.69, 9.17) is 4.74 Å². The summed E-state index contributed by atoms with van der Waals surface area (Å²) >= 11 is 1.65. The van der Waals surface area contributed by atoms with Crippen LogP contribution in [0.15, 0.2) is 41.8 Å². The molecule has 4 rings (SSSR count). The molecule has 1 aliphatic carbocycles. The average molecular weight is 372 g/mol. The standard InChI is InChI=1S/C20H24N2O3S/c23-17-12-15(13-17)19(18-2-1-11-26-18)21-20(24)14-3-5-16(6-4-14)22-7-9-25-10-8-22/h1-6,11,15,17,19,23H,7-10,12-13H2,(H,21,24)/t15?,17?,19-/m1/s1. The summed E-state index contributed by atoms with van der Waals surface area (Å²) in [7, 11) is 0. The van der Waals surface area contributed by atoms with Gasteiger partial charge in [-0.05, 0) is 54.5 Å². The van der Waals surface area contributed by atoms with Crippen LogP contribution in [-0.4, -0.2) is 43.4 Å². The zero-order valence-electron chi connectivity index (χ0n) is 14.6. The van der Waals surface area contributed by atoms with Crippen molar-refractivity contribution in [2.45, 2.75) is 25.0 Å². The molecule has 5 nitrogen and oxygen atoms in total. The van der Waals surface area contributed by atoms with Crippen LogP contribution in [0.3, 0.4) is 0 Å². The van der Waals surface area contributed by atoms with E-state index in [1.54, 1.807) is 11.3 Å². The van der Waals surface area contributed by atoms with Crippen LogP contribution in [0.4, 0.5) is 5.69 Å². The number of aliphatic hydroxyl groups excluding tert-OH is 1. The molecule has 1 amide bonds. The highest BCUT2D eigenvalue weighted by atomic mass is 32.1. The number of nitrogens with zero attached hydrogens (tertiary/aromatic N) is 1. The van der Waals surface area contributed by atoms with Crippen molar-refractivity contribution in [3.05, 3.63) is 52.2 Å². The molecule has 0 radical (unpaired) electrons. The summed E-state index contributed by atoms with van der Waals surface area (Å²) < 4.78 is 5.39. The Hall–Kier alpha value is -1.89. The fourth-order valence-electron chi connectivity index (χ4n) is 3.66. The summed E-state index contributed by atoms with van der Waals surface area (Å²) in [6.07, 6.45) is 1.27. The summed E-state index contributed by atoms with van der Waals surface area (Å²) in [4.78, 5) is 16.2. The Kier molecular flexibility index (Phi) is 5.24. The van der Waals surface area contributed by atoms with Crippen LogP contribution in [0.1, 0.15) is 34.1 Å². The summed E-state index contributed by atoms with van der Waals surface area (Å²) in [5.41, 5.74) is 1.80. The van der Waals surface area contributed by atoms with Crippen molar-refractivity contribution in [3.63, 3.8) is 0 Å². The number of carbonyl (C=O) groups excluding carboxylic acids is 1. The minimum absolute atomic E-state index is 0.0233. The molecule has 1 aromatic heterocycles. The van der Waals surface area contributed by atoms with Gasteiger partial charge in [-0.2, -0.15) is 0 Å². The van der Waals surface area contributed by atoms with Crippen LogP contribution in [0.2, 0.25) is 0 Å². The van der Waals surface area contributed by atoms with Crippen molar-refractivity contribution < 1.29 is 14.6 Å². The van der Waals surface area contributed by atoms with E-state index in [2.05, 4.69) is 16.3 Å². The Bertz CT molecular complexity index is 720. The molecule has 2 heterocycles. The van der Waals surface area contributed by atoms with Crippen molar-refractivity contribution in [2.24, 2.45) is 5.92 Å². The Labute approximate surface area is 157 Å². The third kappa shape index (κ3) is 3.77.